The summed E-state index contributed by atoms with van der Waals surface area (Å²) in [5.74, 6) is 0.0802. The second-order valence-electron chi connectivity index (χ2n) is 7.21. The Morgan fingerprint density at radius 3 is 2.44 bits per heavy atom. The monoisotopic (exact) mass is 356 g/mol. The molecule has 2 aromatic rings. The molecule has 2 aliphatic rings. The topological polar surface area (TPSA) is 49.3 Å². The number of amides is 1. The molecule has 0 N–H and O–H groups in total. The predicted molar refractivity (Wildman–Crippen MR) is 98.4 cm³/mol. The highest BCUT2D eigenvalue weighted by Crippen LogP contribution is 2.41. The highest BCUT2D eigenvalue weighted by atomic mass is 32.1. The van der Waals surface area contributed by atoms with E-state index < -0.39 is 0 Å². The molecule has 5 nitrogen and oxygen atoms in total. The van der Waals surface area contributed by atoms with E-state index in [0.29, 0.717) is 11.1 Å². The summed E-state index contributed by atoms with van der Waals surface area (Å²) in [6.45, 7) is 5.00. The zero-order chi connectivity index (χ0) is 17.1. The number of piperidine rings is 2. The summed E-state index contributed by atoms with van der Waals surface area (Å²) in [4.78, 5) is 25.7. The molecule has 0 atom stereocenters. The normalized spacial score (nSPS) is 20.7. The fourth-order valence-electron chi connectivity index (χ4n) is 4.04. The predicted octanol–water partition coefficient (Wildman–Crippen LogP) is 3.06. The van der Waals surface area contributed by atoms with Crippen molar-refractivity contribution >= 4 is 17.2 Å². The second-order valence-corrected chi connectivity index (χ2v) is 8.19. The third-order valence-corrected chi connectivity index (χ3v) is 6.52. The van der Waals surface area contributed by atoms with Gasteiger partial charge in [0, 0.05) is 30.9 Å². The fourth-order valence-corrected chi connectivity index (χ4v) is 4.70. The molecule has 4 rings (SSSR count). The summed E-state index contributed by atoms with van der Waals surface area (Å²) in [6, 6.07) is 5.54. The number of hydrogen-bond acceptors (Lipinski definition) is 5. The molecule has 0 saturated carbocycles. The number of carbonyl (C=O) groups excluding carboxylic acids is 1. The van der Waals surface area contributed by atoms with Gasteiger partial charge >= 0.3 is 0 Å². The van der Waals surface area contributed by atoms with Gasteiger partial charge in [0.1, 0.15) is 10.7 Å². The summed E-state index contributed by atoms with van der Waals surface area (Å²) < 4.78 is 0. The molecule has 25 heavy (non-hydrogen) atoms. The van der Waals surface area contributed by atoms with Gasteiger partial charge in [-0.15, -0.1) is 11.3 Å². The van der Waals surface area contributed by atoms with Gasteiger partial charge in [0.2, 0.25) is 0 Å². The Kier molecular flexibility index (Phi) is 4.81. The highest BCUT2D eigenvalue weighted by Gasteiger charge is 2.38. The average Bonchev–Trinajstić information content (AvgIpc) is 3.18. The number of carbonyl (C=O) groups is 1. The summed E-state index contributed by atoms with van der Waals surface area (Å²) in [5.41, 5.74) is 0.997. The Balaban J connectivity index is 1.29. The number of likely N-dealkylation sites (tertiary alicyclic amines) is 2. The molecule has 2 fully saturated rings. The molecule has 2 aromatic heterocycles. The SMILES string of the molecule is O=C(c1ccccn1)N1CCC2(CCN(Cc3nccs3)CC2)CC1. The summed E-state index contributed by atoms with van der Waals surface area (Å²) in [5, 5.41) is 3.27. The minimum atomic E-state index is 0.0802. The van der Waals surface area contributed by atoms with Gasteiger partial charge in [0.15, 0.2) is 0 Å². The smallest absolute Gasteiger partial charge is 0.272 e. The molecule has 0 aromatic carbocycles. The van der Waals surface area contributed by atoms with Gasteiger partial charge in [-0.3, -0.25) is 14.7 Å². The van der Waals surface area contributed by atoms with Crippen molar-refractivity contribution in [2.24, 2.45) is 5.41 Å². The van der Waals surface area contributed by atoms with Crippen molar-refractivity contribution in [3.05, 3.63) is 46.7 Å². The second kappa shape index (κ2) is 7.22. The molecule has 0 radical (unpaired) electrons. The van der Waals surface area contributed by atoms with E-state index in [0.717, 1.165) is 45.6 Å². The van der Waals surface area contributed by atoms with Crippen LogP contribution >= 0.6 is 11.3 Å². The van der Waals surface area contributed by atoms with Gasteiger partial charge in [0.05, 0.1) is 6.54 Å². The van der Waals surface area contributed by atoms with Crippen molar-refractivity contribution in [3.63, 3.8) is 0 Å². The Morgan fingerprint density at radius 2 is 1.80 bits per heavy atom. The molecule has 1 amide bonds. The lowest BCUT2D eigenvalue weighted by Gasteiger charge is -2.46. The van der Waals surface area contributed by atoms with Crippen molar-refractivity contribution in [1.82, 2.24) is 19.8 Å². The quantitative estimate of drug-likeness (QED) is 0.848. The number of thiazole rings is 1. The van der Waals surface area contributed by atoms with Gasteiger partial charge in [-0.1, -0.05) is 6.07 Å². The Labute approximate surface area is 152 Å². The molecular formula is C19H24N4OS. The first-order valence-corrected chi connectivity index (χ1v) is 9.93. The van der Waals surface area contributed by atoms with Crippen LogP contribution in [-0.4, -0.2) is 51.9 Å². The zero-order valence-electron chi connectivity index (χ0n) is 14.4. The third kappa shape index (κ3) is 3.75. The molecule has 1 spiro atoms. The number of hydrogen-bond donors (Lipinski definition) is 0. The van der Waals surface area contributed by atoms with E-state index in [9.17, 15) is 4.79 Å². The number of aromatic nitrogens is 2. The largest absolute Gasteiger partial charge is 0.337 e. The zero-order valence-corrected chi connectivity index (χ0v) is 15.2. The summed E-state index contributed by atoms with van der Waals surface area (Å²) in [7, 11) is 0. The highest BCUT2D eigenvalue weighted by molar-refractivity contribution is 7.09. The Bertz CT molecular complexity index is 685. The van der Waals surface area contributed by atoms with Crippen LogP contribution in [0.15, 0.2) is 36.0 Å². The molecule has 6 heteroatoms. The molecular weight excluding hydrogens is 332 g/mol. The number of pyridine rings is 1. The van der Waals surface area contributed by atoms with Crippen LogP contribution in [0, 0.1) is 5.41 Å². The van der Waals surface area contributed by atoms with E-state index in [1.165, 1.54) is 17.8 Å². The first-order chi connectivity index (χ1) is 12.2. The fraction of sp³-hybridized carbons (Fsp3) is 0.526. The molecule has 2 aliphatic heterocycles. The third-order valence-electron chi connectivity index (χ3n) is 5.75. The van der Waals surface area contributed by atoms with Gasteiger partial charge in [-0.05, 0) is 56.3 Å². The van der Waals surface area contributed by atoms with Crippen molar-refractivity contribution < 1.29 is 4.79 Å². The lowest BCUT2D eigenvalue weighted by molar-refractivity contribution is 0.0282. The van der Waals surface area contributed by atoms with E-state index in [1.807, 2.05) is 29.3 Å². The molecule has 0 bridgehead atoms. The van der Waals surface area contributed by atoms with Gasteiger partial charge in [-0.25, -0.2) is 4.98 Å². The maximum atomic E-state index is 12.6. The summed E-state index contributed by atoms with van der Waals surface area (Å²) in [6.07, 6.45) is 8.30. The maximum absolute atomic E-state index is 12.6. The minimum Gasteiger partial charge on any atom is -0.337 e. The van der Waals surface area contributed by atoms with Gasteiger partial charge in [-0.2, -0.15) is 0 Å². The Hall–Kier alpha value is -1.79. The first kappa shape index (κ1) is 16.7. The van der Waals surface area contributed by atoms with Crippen LogP contribution in [0.25, 0.3) is 0 Å². The first-order valence-electron chi connectivity index (χ1n) is 9.05. The number of nitrogens with zero attached hydrogens (tertiary/aromatic N) is 4. The Morgan fingerprint density at radius 1 is 1.04 bits per heavy atom. The molecule has 0 unspecified atom stereocenters. The van der Waals surface area contributed by atoms with E-state index in [2.05, 4.69) is 20.2 Å². The average molecular weight is 356 g/mol. The van der Waals surface area contributed by atoms with Gasteiger partial charge in [0.25, 0.3) is 5.91 Å². The summed E-state index contributed by atoms with van der Waals surface area (Å²) >= 11 is 1.74. The van der Waals surface area contributed by atoms with Gasteiger partial charge < -0.3 is 4.90 Å². The van der Waals surface area contributed by atoms with Crippen molar-refractivity contribution in [3.8, 4) is 0 Å². The standard InChI is InChI=1S/C19H24N4OS/c24-18(16-3-1-2-8-20-16)23-12-6-19(7-13-23)4-10-22(11-5-19)15-17-21-9-14-25-17/h1-3,8-9,14H,4-7,10-13,15H2. The van der Waals surface area contributed by atoms with Crippen molar-refractivity contribution in [2.45, 2.75) is 32.2 Å². The lowest BCUT2D eigenvalue weighted by atomic mass is 9.71. The minimum absolute atomic E-state index is 0.0802. The van der Waals surface area contributed by atoms with Crippen LogP contribution in [0.2, 0.25) is 0 Å². The molecule has 2 saturated heterocycles. The van der Waals surface area contributed by atoms with Crippen LogP contribution in [0.1, 0.15) is 41.2 Å². The van der Waals surface area contributed by atoms with E-state index in [-0.39, 0.29) is 5.91 Å². The lowest BCUT2D eigenvalue weighted by Crippen LogP contribution is -2.48. The van der Waals surface area contributed by atoms with Crippen LogP contribution in [-0.2, 0) is 6.54 Å². The molecule has 0 aliphatic carbocycles. The van der Waals surface area contributed by atoms with Crippen LogP contribution in [0.5, 0.6) is 0 Å². The van der Waals surface area contributed by atoms with Crippen LogP contribution in [0.4, 0.5) is 0 Å². The van der Waals surface area contributed by atoms with E-state index >= 15 is 0 Å². The molecule has 132 valence electrons. The number of rotatable bonds is 3. The van der Waals surface area contributed by atoms with Crippen molar-refractivity contribution in [1.29, 1.82) is 0 Å². The van der Waals surface area contributed by atoms with Crippen molar-refractivity contribution in [2.75, 3.05) is 26.2 Å². The van der Waals surface area contributed by atoms with Crippen LogP contribution < -0.4 is 0 Å². The van der Waals surface area contributed by atoms with Crippen LogP contribution in [0.3, 0.4) is 0 Å². The molecule has 4 heterocycles. The maximum Gasteiger partial charge on any atom is 0.272 e. The van der Waals surface area contributed by atoms with E-state index in [4.69, 9.17) is 0 Å². The van der Waals surface area contributed by atoms with E-state index in [1.54, 1.807) is 17.5 Å².